The molecule has 1 aliphatic heterocycles. The molecule has 1 amide bonds. The molecule has 5 heteroatoms. The quantitative estimate of drug-likeness (QED) is 0.555. The lowest BCUT2D eigenvalue weighted by molar-refractivity contribution is -0.105. The number of rotatable bonds is 5. The Morgan fingerprint density at radius 3 is 2.77 bits per heavy atom. The second-order valence-electron chi connectivity index (χ2n) is 7.84. The van der Waals surface area contributed by atoms with Crippen molar-refractivity contribution in [3.63, 3.8) is 0 Å². The van der Waals surface area contributed by atoms with E-state index in [-0.39, 0.29) is 5.41 Å². The predicted molar refractivity (Wildman–Crippen MR) is 105 cm³/mol. The van der Waals surface area contributed by atoms with Crippen LogP contribution >= 0.6 is 0 Å². The Balaban J connectivity index is 1.98. The molecule has 0 radical (unpaired) electrons. The van der Waals surface area contributed by atoms with Crippen molar-refractivity contribution >= 4 is 23.4 Å². The van der Waals surface area contributed by atoms with E-state index in [1.165, 1.54) is 5.57 Å². The molecule has 2 aliphatic rings. The van der Waals surface area contributed by atoms with Crippen molar-refractivity contribution in [1.29, 1.82) is 5.41 Å². The number of allylic oxidation sites excluding steroid dienone is 2. The van der Waals surface area contributed by atoms with E-state index in [4.69, 9.17) is 15.9 Å². The molecule has 4 N–H and O–H groups in total. The Hall–Kier alpha value is -2.40. The number of benzene rings is 1. The molecule has 3 rings (SSSR count). The number of carbonyl (C=O) groups excluding carboxylic acids is 1. The van der Waals surface area contributed by atoms with Crippen LogP contribution < -0.4 is 11.1 Å². The number of nitrogens with two attached hydrogens (primary N) is 1. The number of anilines is 1. The van der Waals surface area contributed by atoms with E-state index in [9.17, 15) is 4.79 Å². The highest BCUT2D eigenvalue weighted by Gasteiger charge is 2.28. The zero-order valence-electron chi connectivity index (χ0n) is 15.5. The summed E-state index contributed by atoms with van der Waals surface area (Å²) in [6.07, 6.45) is 6.21. The van der Waals surface area contributed by atoms with Gasteiger partial charge in [-0.25, -0.2) is 0 Å². The van der Waals surface area contributed by atoms with Crippen LogP contribution in [-0.4, -0.2) is 25.3 Å². The fraction of sp³-hybridized carbons (Fsp3) is 0.429. The maximum Gasteiger partial charge on any atom is 0.211 e. The van der Waals surface area contributed by atoms with E-state index in [1.54, 1.807) is 0 Å². The van der Waals surface area contributed by atoms with Gasteiger partial charge in [-0.1, -0.05) is 19.9 Å². The fourth-order valence-electron chi connectivity index (χ4n) is 3.69. The van der Waals surface area contributed by atoms with Crippen LogP contribution in [0.4, 0.5) is 5.69 Å². The van der Waals surface area contributed by atoms with Gasteiger partial charge < -0.3 is 15.8 Å². The van der Waals surface area contributed by atoms with Gasteiger partial charge in [0.2, 0.25) is 6.41 Å². The minimum absolute atomic E-state index is 0.187. The molecule has 0 spiro atoms. The Kier molecular flexibility index (Phi) is 5.28. The van der Waals surface area contributed by atoms with Crippen molar-refractivity contribution in [3.8, 4) is 0 Å². The van der Waals surface area contributed by atoms with Crippen LogP contribution in [0.5, 0.6) is 0 Å². The van der Waals surface area contributed by atoms with E-state index in [0.717, 1.165) is 48.1 Å². The van der Waals surface area contributed by atoms with Crippen molar-refractivity contribution in [2.45, 2.75) is 39.5 Å². The molecule has 5 nitrogen and oxygen atoms in total. The molecule has 1 aromatic rings. The van der Waals surface area contributed by atoms with Gasteiger partial charge in [0.25, 0.3) is 0 Å². The van der Waals surface area contributed by atoms with Crippen LogP contribution in [0.1, 0.15) is 50.7 Å². The summed E-state index contributed by atoms with van der Waals surface area (Å²) in [6.45, 7) is 5.72. The lowest BCUT2D eigenvalue weighted by Crippen LogP contribution is -2.25. The monoisotopic (exact) mass is 353 g/mol. The summed E-state index contributed by atoms with van der Waals surface area (Å²) >= 11 is 0. The maximum absolute atomic E-state index is 10.9. The number of ether oxygens (including phenoxy) is 1. The number of hydrogen-bond donors (Lipinski definition) is 3. The summed E-state index contributed by atoms with van der Waals surface area (Å²) in [5, 5.41) is 11.5. The third-order valence-corrected chi connectivity index (χ3v) is 5.19. The maximum atomic E-state index is 10.9. The topological polar surface area (TPSA) is 88.2 Å². The minimum Gasteiger partial charge on any atom is -0.402 e. The van der Waals surface area contributed by atoms with Gasteiger partial charge in [-0.05, 0) is 66.0 Å². The third kappa shape index (κ3) is 4.05. The number of nitrogens with one attached hydrogen (secondary N) is 2. The minimum atomic E-state index is 0.187. The zero-order chi connectivity index (χ0) is 18.7. The molecule has 26 heavy (non-hydrogen) atoms. The summed E-state index contributed by atoms with van der Waals surface area (Å²) in [5.41, 5.74) is 12.4. The van der Waals surface area contributed by atoms with Gasteiger partial charge in [0.1, 0.15) is 0 Å². The number of amides is 1. The van der Waals surface area contributed by atoms with Crippen molar-refractivity contribution < 1.29 is 9.53 Å². The average molecular weight is 353 g/mol. The molecule has 0 unspecified atom stereocenters. The lowest BCUT2D eigenvalue weighted by Gasteiger charge is -2.32. The van der Waals surface area contributed by atoms with Crippen molar-refractivity contribution in [2.75, 3.05) is 18.5 Å². The molecule has 0 fully saturated rings. The van der Waals surface area contributed by atoms with Gasteiger partial charge in [0, 0.05) is 16.9 Å². The van der Waals surface area contributed by atoms with Crippen molar-refractivity contribution in [1.82, 2.24) is 0 Å². The van der Waals surface area contributed by atoms with Crippen LogP contribution in [0.25, 0.3) is 5.57 Å². The molecule has 0 bridgehead atoms. The van der Waals surface area contributed by atoms with E-state index >= 15 is 0 Å². The van der Waals surface area contributed by atoms with Gasteiger partial charge in [0.05, 0.1) is 18.9 Å². The van der Waals surface area contributed by atoms with E-state index < -0.39 is 0 Å². The molecule has 1 heterocycles. The van der Waals surface area contributed by atoms with Crippen LogP contribution in [0.15, 0.2) is 35.5 Å². The summed E-state index contributed by atoms with van der Waals surface area (Å²) < 4.78 is 5.39. The highest BCUT2D eigenvalue weighted by Crippen LogP contribution is 2.38. The standard InChI is InChI=1S/C21H27N3O2/c1-21(2)6-3-18(19(22)12-21)20(23)16-9-15(10-17(11-16)24-13-25)14-4-7-26-8-5-14/h4,9-11,13,23H,3,5-8,12,22H2,1-2H3,(H,24,25). The van der Waals surface area contributed by atoms with Crippen LogP contribution in [0, 0.1) is 10.8 Å². The highest BCUT2D eigenvalue weighted by molar-refractivity contribution is 6.12. The Bertz CT molecular complexity index is 790. The molecule has 1 aromatic carbocycles. The molecular formula is C21H27N3O2. The normalized spacial score (nSPS) is 19.7. The molecule has 138 valence electrons. The average Bonchev–Trinajstić information content (AvgIpc) is 2.61. The molecular weight excluding hydrogens is 326 g/mol. The number of hydrogen-bond acceptors (Lipinski definition) is 4. The summed E-state index contributed by atoms with van der Waals surface area (Å²) in [4.78, 5) is 10.9. The van der Waals surface area contributed by atoms with Crippen molar-refractivity contribution in [2.24, 2.45) is 11.1 Å². The summed E-state index contributed by atoms with van der Waals surface area (Å²) in [5.74, 6) is 0. The van der Waals surface area contributed by atoms with Gasteiger partial charge in [0.15, 0.2) is 0 Å². The molecule has 0 saturated heterocycles. The van der Waals surface area contributed by atoms with E-state index in [1.807, 2.05) is 18.2 Å². The predicted octanol–water partition coefficient (Wildman–Crippen LogP) is 3.85. The van der Waals surface area contributed by atoms with Crippen LogP contribution in [-0.2, 0) is 9.53 Å². The summed E-state index contributed by atoms with van der Waals surface area (Å²) in [6, 6.07) is 5.82. The molecule has 0 aromatic heterocycles. The second kappa shape index (κ2) is 7.46. The summed E-state index contributed by atoms with van der Waals surface area (Å²) in [7, 11) is 0. The van der Waals surface area contributed by atoms with Gasteiger partial charge >= 0.3 is 0 Å². The van der Waals surface area contributed by atoms with E-state index in [0.29, 0.717) is 31.0 Å². The Morgan fingerprint density at radius 2 is 2.12 bits per heavy atom. The first kappa shape index (κ1) is 18.4. The van der Waals surface area contributed by atoms with Gasteiger partial charge in [-0.3, -0.25) is 10.2 Å². The van der Waals surface area contributed by atoms with Gasteiger partial charge in [-0.15, -0.1) is 0 Å². The highest BCUT2D eigenvalue weighted by atomic mass is 16.5. The smallest absolute Gasteiger partial charge is 0.211 e. The molecule has 0 saturated carbocycles. The first-order valence-corrected chi connectivity index (χ1v) is 9.09. The SMILES string of the molecule is CC1(C)CCC(C(=N)c2cc(NC=O)cc(C3=CCOCC3)c2)=C(N)C1. The zero-order valence-corrected chi connectivity index (χ0v) is 15.5. The first-order chi connectivity index (χ1) is 12.4. The van der Waals surface area contributed by atoms with Gasteiger partial charge in [-0.2, -0.15) is 0 Å². The largest absolute Gasteiger partial charge is 0.402 e. The van der Waals surface area contributed by atoms with E-state index in [2.05, 4.69) is 25.2 Å². The van der Waals surface area contributed by atoms with Crippen LogP contribution in [0.3, 0.4) is 0 Å². The first-order valence-electron chi connectivity index (χ1n) is 9.09. The molecule has 1 aliphatic carbocycles. The number of carbonyl (C=O) groups is 1. The Labute approximate surface area is 154 Å². The van der Waals surface area contributed by atoms with Crippen molar-refractivity contribution in [3.05, 3.63) is 46.7 Å². The molecule has 0 atom stereocenters. The third-order valence-electron chi connectivity index (χ3n) is 5.19. The Morgan fingerprint density at radius 1 is 1.31 bits per heavy atom. The fourth-order valence-corrected chi connectivity index (χ4v) is 3.69. The second-order valence-corrected chi connectivity index (χ2v) is 7.84. The van der Waals surface area contributed by atoms with Crippen LogP contribution in [0.2, 0.25) is 0 Å². The lowest BCUT2D eigenvalue weighted by atomic mass is 9.75.